The highest BCUT2D eigenvalue weighted by Crippen LogP contribution is 2.19. The van der Waals surface area contributed by atoms with Crippen molar-refractivity contribution in [2.75, 3.05) is 14.2 Å². The summed E-state index contributed by atoms with van der Waals surface area (Å²) >= 11 is 0. The molecule has 8 nitrogen and oxygen atoms in total. The van der Waals surface area contributed by atoms with Crippen molar-refractivity contribution in [3.63, 3.8) is 0 Å². The fourth-order valence-corrected chi connectivity index (χ4v) is 1.16. The molecule has 0 aliphatic heterocycles. The molecule has 0 radical (unpaired) electrons. The van der Waals surface area contributed by atoms with Gasteiger partial charge in [0.05, 0.1) is 25.2 Å². The van der Waals surface area contributed by atoms with Crippen LogP contribution < -0.4 is 4.74 Å². The zero-order chi connectivity index (χ0) is 15.1. The minimum Gasteiger partial charge on any atom is -0.466 e. The van der Waals surface area contributed by atoms with Gasteiger partial charge in [0.1, 0.15) is 5.75 Å². The minimum atomic E-state index is -0.881. The maximum atomic E-state index is 11.4. The molecule has 0 N–H and O–H groups in total. The first kappa shape index (κ1) is 15.2. The Morgan fingerprint density at radius 2 is 1.75 bits per heavy atom. The number of nitro benzene ring substituents is 1. The Hall–Kier alpha value is -2.90. The lowest BCUT2D eigenvalue weighted by molar-refractivity contribution is -0.384. The van der Waals surface area contributed by atoms with E-state index in [0.717, 1.165) is 20.3 Å². The summed E-state index contributed by atoms with van der Waals surface area (Å²) in [6.07, 6.45) is 0.813. The zero-order valence-corrected chi connectivity index (χ0v) is 10.7. The Morgan fingerprint density at radius 3 is 2.20 bits per heavy atom. The first-order valence-corrected chi connectivity index (χ1v) is 5.28. The second-order valence-electron chi connectivity index (χ2n) is 3.38. The predicted octanol–water partition coefficient (Wildman–Crippen LogP) is 1.20. The third-order valence-corrected chi connectivity index (χ3v) is 2.11. The fraction of sp³-hybridized carbons (Fsp3) is 0.167. The largest absolute Gasteiger partial charge is 0.466 e. The van der Waals surface area contributed by atoms with E-state index < -0.39 is 22.6 Å². The number of non-ortho nitro benzene ring substituents is 1. The first-order chi connectivity index (χ1) is 9.47. The van der Waals surface area contributed by atoms with Gasteiger partial charge in [-0.15, -0.1) is 0 Å². The first-order valence-electron chi connectivity index (χ1n) is 5.28. The van der Waals surface area contributed by atoms with Crippen LogP contribution in [0.1, 0.15) is 0 Å². The van der Waals surface area contributed by atoms with Crippen molar-refractivity contribution in [2.45, 2.75) is 0 Å². The molecule has 8 heteroatoms. The maximum Gasteiger partial charge on any atom is 0.374 e. The third kappa shape index (κ3) is 4.09. The number of carbonyl (C=O) groups excluding carboxylic acids is 2. The number of hydrogen-bond donors (Lipinski definition) is 0. The van der Waals surface area contributed by atoms with Gasteiger partial charge in [0.15, 0.2) is 0 Å². The summed E-state index contributed by atoms with van der Waals surface area (Å²) in [5.41, 5.74) is -0.131. The van der Waals surface area contributed by atoms with E-state index in [4.69, 9.17) is 4.74 Å². The number of benzene rings is 1. The minimum absolute atomic E-state index is 0.131. The molecule has 1 rings (SSSR count). The van der Waals surface area contributed by atoms with Crippen LogP contribution in [0, 0.1) is 10.1 Å². The number of carbonyl (C=O) groups is 2. The Balaban J connectivity index is 2.95. The maximum absolute atomic E-state index is 11.4. The smallest absolute Gasteiger partial charge is 0.374 e. The van der Waals surface area contributed by atoms with Crippen LogP contribution in [-0.2, 0) is 19.1 Å². The quantitative estimate of drug-likeness (QED) is 0.262. The molecule has 0 saturated carbocycles. The van der Waals surface area contributed by atoms with Crippen molar-refractivity contribution in [3.05, 3.63) is 46.2 Å². The highest BCUT2D eigenvalue weighted by Gasteiger charge is 2.16. The number of nitro groups is 1. The Kier molecular flexibility index (Phi) is 5.21. The normalized spacial score (nSPS) is 10.6. The van der Waals surface area contributed by atoms with E-state index in [0.29, 0.717) is 0 Å². The molecule has 0 aliphatic carbocycles. The van der Waals surface area contributed by atoms with Crippen molar-refractivity contribution in [1.82, 2.24) is 0 Å². The Morgan fingerprint density at radius 1 is 1.15 bits per heavy atom. The zero-order valence-electron chi connectivity index (χ0n) is 10.7. The van der Waals surface area contributed by atoms with E-state index in [1.807, 2.05) is 0 Å². The molecular weight excluding hydrogens is 270 g/mol. The molecule has 0 fully saturated rings. The third-order valence-electron chi connectivity index (χ3n) is 2.11. The molecule has 20 heavy (non-hydrogen) atoms. The van der Waals surface area contributed by atoms with Crippen LogP contribution >= 0.6 is 0 Å². The molecule has 0 aromatic heterocycles. The van der Waals surface area contributed by atoms with E-state index in [-0.39, 0.29) is 11.4 Å². The molecule has 0 aliphatic rings. The van der Waals surface area contributed by atoms with Gasteiger partial charge in [0.25, 0.3) is 5.69 Å². The fourth-order valence-electron chi connectivity index (χ4n) is 1.16. The number of ether oxygens (including phenoxy) is 3. The van der Waals surface area contributed by atoms with E-state index >= 15 is 0 Å². The standard InChI is InChI=1S/C12H11NO7/c1-18-11(14)7-10(12(15)19-2)20-9-5-3-8(4-6-9)13(16)17/h3-7H,1-2H3/b10-7+. The number of methoxy groups -OCH3 is 2. The van der Waals surface area contributed by atoms with Crippen LogP contribution in [0.5, 0.6) is 5.75 Å². The van der Waals surface area contributed by atoms with Crippen molar-refractivity contribution in [3.8, 4) is 5.75 Å². The summed E-state index contributed by atoms with van der Waals surface area (Å²) < 4.78 is 14.0. The van der Waals surface area contributed by atoms with Gasteiger partial charge in [-0.2, -0.15) is 0 Å². The number of hydrogen-bond acceptors (Lipinski definition) is 7. The highest BCUT2D eigenvalue weighted by molar-refractivity contribution is 5.95. The van der Waals surface area contributed by atoms with Crippen molar-refractivity contribution < 1.29 is 28.7 Å². The van der Waals surface area contributed by atoms with Gasteiger partial charge < -0.3 is 14.2 Å². The van der Waals surface area contributed by atoms with E-state index in [9.17, 15) is 19.7 Å². The van der Waals surface area contributed by atoms with Crippen LogP contribution in [0.4, 0.5) is 5.69 Å². The summed E-state index contributed by atoms with van der Waals surface area (Å²) in [7, 11) is 2.26. The Labute approximate surface area is 113 Å². The second kappa shape index (κ2) is 6.88. The van der Waals surface area contributed by atoms with Gasteiger partial charge >= 0.3 is 11.9 Å². The van der Waals surface area contributed by atoms with Gasteiger partial charge in [0, 0.05) is 12.1 Å². The molecule has 1 aromatic carbocycles. The van der Waals surface area contributed by atoms with Crippen molar-refractivity contribution in [2.24, 2.45) is 0 Å². The summed E-state index contributed by atoms with van der Waals surface area (Å²) in [4.78, 5) is 32.4. The molecule has 0 unspecified atom stereocenters. The van der Waals surface area contributed by atoms with Crippen molar-refractivity contribution >= 4 is 17.6 Å². The molecular formula is C12H11NO7. The average molecular weight is 281 g/mol. The predicted molar refractivity (Wildman–Crippen MR) is 65.8 cm³/mol. The second-order valence-corrected chi connectivity index (χ2v) is 3.38. The van der Waals surface area contributed by atoms with Crippen LogP contribution in [0.15, 0.2) is 36.1 Å². The van der Waals surface area contributed by atoms with Gasteiger partial charge in [0.2, 0.25) is 5.76 Å². The van der Waals surface area contributed by atoms with E-state index in [2.05, 4.69) is 9.47 Å². The molecule has 0 heterocycles. The molecule has 0 bridgehead atoms. The monoisotopic (exact) mass is 281 g/mol. The average Bonchev–Trinajstić information content (AvgIpc) is 2.46. The molecule has 0 spiro atoms. The van der Waals surface area contributed by atoms with Crippen LogP contribution in [-0.4, -0.2) is 31.1 Å². The van der Waals surface area contributed by atoms with Gasteiger partial charge in [-0.05, 0) is 12.1 Å². The molecule has 106 valence electrons. The lowest BCUT2D eigenvalue weighted by Gasteiger charge is -2.07. The van der Waals surface area contributed by atoms with Crippen LogP contribution in [0.25, 0.3) is 0 Å². The number of nitrogens with zero attached hydrogens (tertiary/aromatic N) is 1. The molecule has 0 saturated heterocycles. The Bertz CT molecular complexity index is 547. The topological polar surface area (TPSA) is 105 Å². The lowest BCUT2D eigenvalue weighted by atomic mass is 10.3. The molecule has 0 atom stereocenters. The van der Waals surface area contributed by atoms with Crippen molar-refractivity contribution in [1.29, 1.82) is 0 Å². The SMILES string of the molecule is COC(=O)/C=C(/Oc1ccc([N+](=O)[O-])cc1)C(=O)OC. The van der Waals surface area contributed by atoms with Crippen LogP contribution in [0.2, 0.25) is 0 Å². The van der Waals surface area contributed by atoms with Gasteiger partial charge in [-0.25, -0.2) is 9.59 Å². The summed E-state index contributed by atoms with van der Waals surface area (Å²) in [5.74, 6) is -1.94. The lowest BCUT2D eigenvalue weighted by Crippen LogP contribution is -2.13. The van der Waals surface area contributed by atoms with E-state index in [1.54, 1.807) is 0 Å². The van der Waals surface area contributed by atoms with Crippen LogP contribution in [0.3, 0.4) is 0 Å². The highest BCUT2D eigenvalue weighted by atomic mass is 16.6. The van der Waals surface area contributed by atoms with Gasteiger partial charge in [-0.3, -0.25) is 10.1 Å². The molecule has 1 aromatic rings. The summed E-state index contributed by atoms with van der Waals surface area (Å²) in [6.45, 7) is 0. The summed E-state index contributed by atoms with van der Waals surface area (Å²) in [5, 5.41) is 10.5. The summed E-state index contributed by atoms with van der Waals surface area (Å²) in [6, 6.07) is 4.96. The van der Waals surface area contributed by atoms with E-state index in [1.165, 1.54) is 24.3 Å². The molecule has 0 amide bonds. The van der Waals surface area contributed by atoms with Gasteiger partial charge in [-0.1, -0.05) is 0 Å². The number of rotatable bonds is 5. The number of esters is 2.